The standard InChI is InChI=1S/C21H28N4O3S/c1-12(2)18(22)21(28)25-10-16(26)8-17(25)20(27)23-9-14-4-6-15(7-5-14)19-13(3)24-11-29-19/h4-7,11-12,16-18,26H,8-10,22H2,1-3H3,(H,23,27). The molecule has 7 nitrogen and oxygen atoms in total. The molecule has 8 heteroatoms. The lowest BCUT2D eigenvalue weighted by Crippen LogP contribution is -2.52. The molecule has 3 unspecified atom stereocenters. The van der Waals surface area contributed by atoms with E-state index in [-0.39, 0.29) is 30.7 Å². The second kappa shape index (κ2) is 9.02. The smallest absolute Gasteiger partial charge is 0.243 e. The molecule has 1 fully saturated rings. The second-order valence-corrected chi connectivity index (χ2v) is 8.70. The van der Waals surface area contributed by atoms with Crippen LogP contribution in [0.2, 0.25) is 0 Å². The molecule has 4 N–H and O–H groups in total. The summed E-state index contributed by atoms with van der Waals surface area (Å²) in [6.45, 7) is 6.20. The van der Waals surface area contributed by atoms with Gasteiger partial charge in [0.1, 0.15) is 6.04 Å². The van der Waals surface area contributed by atoms with Gasteiger partial charge in [-0.05, 0) is 24.0 Å². The van der Waals surface area contributed by atoms with Crippen LogP contribution in [0.5, 0.6) is 0 Å². The Morgan fingerprint density at radius 2 is 2.03 bits per heavy atom. The highest BCUT2D eigenvalue weighted by molar-refractivity contribution is 7.13. The molecule has 1 aromatic heterocycles. The number of hydrogen-bond acceptors (Lipinski definition) is 6. The number of hydrogen-bond donors (Lipinski definition) is 3. The minimum atomic E-state index is -0.712. The number of aliphatic hydroxyl groups excluding tert-OH is 1. The van der Waals surface area contributed by atoms with Crippen molar-refractivity contribution >= 4 is 23.2 Å². The molecule has 1 aliphatic rings. The maximum absolute atomic E-state index is 12.7. The summed E-state index contributed by atoms with van der Waals surface area (Å²) in [7, 11) is 0. The molecule has 0 spiro atoms. The number of nitrogens with zero attached hydrogens (tertiary/aromatic N) is 2. The van der Waals surface area contributed by atoms with E-state index in [0.717, 1.165) is 21.7 Å². The van der Waals surface area contributed by atoms with Crippen LogP contribution < -0.4 is 11.1 Å². The zero-order chi connectivity index (χ0) is 21.1. The molecule has 2 heterocycles. The van der Waals surface area contributed by atoms with Crippen LogP contribution >= 0.6 is 11.3 Å². The molecule has 0 bridgehead atoms. The van der Waals surface area contributed by atoms with E-state index in [1.54, 1.807) is 11.3 Å². The van der Waals surface area contributed by atoms with Gasteiger partial charge >= 0.3 is 0 Å². The molecular weight excluding hydrogens is 388 g/mol. The van der Waals surface area contributed by atoms with Crippen LogP contribution in [-0.4, -0.2) is 51.5 Å². The number of thiazole rings is 1. The fourth-order valence-corrected chi connectivity index (χ4v) is 4.25. The number of nitrogens with one attached hydrogen (secondary N) is 1. The monoisotopic (exact) mass is 416 g/mol. The SMILES string of the molecule is Cc1ncsc1-c1ccc(CNC(=O)C2CC(O)CN2C(=O)C(N)C(C)C)cc1. The van der Waals surface area contributed by atoms with Crippen molar-refractivity contribution in [2.24, 2.45) is 11.7 Å². The summed E-state index contributed by atoms with van der Waals surface area (Å²) >= 11 is 1.60. The average Bonchev–Trinajstić information content (AvgIpc) is 3.30. The summed E-state index contributed by atoms with van der Waals surface area (Å²) in [5, 5.41) is 12.9. The Morgan fingerprint density at radius 1 is 1.34 bits per heavy atom. The van der Waals surface area contributed by atoms with Gasteiger partial charge in [-0.15, -0.1) is 11.3 Å². The molecule has 3 atom stereocenters. The first-order valence-corrected chi connectivity index (χ1v) is 10.7. The molecule has 2 aromatic rings. The van der Waals surface area contributed by atoms with Crippen molar-refractivity contribution in [3.63, 3.8) is 0 Å². The summed E-state index contributed by atoms with van der Waals surface area (Å²) in [6.07, 6.45) is -0.484. The lowest BCUT2D eigenvalue weighted by molar-refractivity contribution is -0.140. The van der Waals surface area contributed by atoms with E-state index in [4.69, 9.17) is 5.73 Å². The molecule has 1 saturated heterocycles. The number of aliphatic hydroxyl groups is 1. The van der Waals surface area contributed by atoms with Gasteiger partial charge in [-0.3, -0.25) is 9.59 Å². The Bertz CT molecular complexity index is 865. The highest BCUT2D eigenvalue weighted by Gasteiger charge is 2.40. The van der Waals surface area contributed by atoms with Crippen LogP contribution in [0.4, 0.5) is 0 Å². The van der Waals surface area contributed by atoms with Crippen molar-refractivity contribution in [1.82, 2.24) is 15.2 Å². The lowest BCUT2D eigenvalue weighted by Gasteiger charge is -2.27. The molecule has 156 valence electrons. The molecule has 1 aromatic carbocycles. The molecule has 0 saturated carbocycles. The minimum absolute atomic E-state index is 0.0374. The van der Waals surface area contributed by atoms with Crippen molar-refractivity contribution in [3.8, 4) is 10.4 Å². The van der Waals surface area contributed by atoms with Crippen molar-refractivity contribution in [1.29, 1.82) is 0 Å². The van der Waals surface area contributed by atoms with Gasteiger partial charge in [0, 0.05) is 19.5 Å². The van der Waals surface area contributed by atoms with Crippen LogP contribution in [0.25, 0.3) is 10.4 Å². The van der Waals surface area contributed by atoms with Gasteiger partial charge in [-0.25, -0.2) is 4.98 Å². The fraction of sp³-hybridized carbons (Fsp3) is 0.476. The molecule has 3 rings (SSSR count). The lowest BCUT2D eigenvalue weighted by atomic mass is 10.0. The van der Waals surface area contributed by atoms with Crippen LogP contribution in [0.15, 0.2) is 29.8 Å². The van der Waals surface area contributed by atoms with Gasteiger partial charge in [-0.1, -0.05) is 38.1 Å². The minimum Gasteiger partial charge on any atom is -0.391 e. The van der Waals surface area contributed by atoms with Crippen molar-refractivity contribution in [2.45, 2.75) is 51.9 Å². The highest BCUT2D eigenvalue weighted by atomic mass is 32.1. The number of likely N-dealkylation sites (tertiary alicyclic amines) is 1. The third kappa shape index (κ3) is 4.83. The Hall–Kier alpha value is -2.29. The highest BCUT2D eigenvalue weighted by Crippen LogP contribution is 2.27. The summed E-state index contributed by atoms with van der Waals surface area (Å²) < 4.78 is 0. The Morgan fingerprint density at radius 3 is 2.62 bits per heavy atom. The third-order valence-electron chi connectivity index (χ3n) is 5.30. The van der Waals surface area contributed by atoms with E-state index < -0.39 is 18.2 Å². The topological polar surface area (TPSA) is 109 Å². The zero-order valence-corrected chi connectivity index (χ0v) is 17.8. The quantitative estimate of drug-likeness (QED) is 0.664. The van der Waals surface area contributed by atoms with Crippen molar-refractivity contribution in [2.75, 3.05) is 6.54 Å². The first-order valence-electron chi connectivity index (χ1n) is 9.79. The zero-order valence-electron chi connectivity index (χ0n) is 17.0. The Kier molecular flexibility index (Phi) is 6.66. The number of aryl methyl sites for hydroxylation is 1. The summed E-state index contributed by atoms with van der Waals surface area (Å²) in [5.74, 6) is -0.598. The molecule has 29 heavy (non-hydrogen) atoms. The van der Waals surface area contributed by atoms with Gasteiger partial charge in [0.25, 0.3) is 0 Å². The first kappa shape index (κ1) is 21.4. The number of rotatable bonds is 6. The second-order valence-electron chi connectivity index (χ2n) is 7.85. The normalized spacial score (nSPS) is 20.1. The third-order valence-corrected chi connectivity index (χ3v) is 6.27. The summed E-state index contributed by atoms with van der Waals surface area (Å²) in [4.78, 5) is 32.1. The van der Waals surface area contributed by atoms with Crippen LogP contribution in [0.3, 0.4) is 0 Å². The molecule has 2 amide bonds. The number of β-amino-alcohol motifs (C(OH)–C–C–N with tert-alkyl or cyclic N) is 1. The largest absolute Gasteiger partial charge is 0.391 e. The van der Waals surface area contributed by atoms with Gasteiger partial charge in [-0.2, -0.15) is 0 Å². The van der Waals surface area contributed by atoms with Crippen LogP contribution in [-0.2, 0) is 16.1 Å². The van der Waals surface area contributed by atoms with E-state index in [9.17, 15) is 14.7 Å². The maximum Gasteiger partial charge on any atom is 0.243 e. The van der Waals surface area contributed by atoms with Crippen LogP contribution in [0.1, 0.15) is 31.5 Å². The Labute approximate surface area is 174 Å². The van der Waals surface area contributed by atoms with E-state index in [0.29, 0.717) is 6.54 Å². The van der Waals surface area contributed by atoms with E-state index >= 15 is 0 Å². The predicted octanol–water partition coefficient (Wildman–Crippen LogP) is 1.68. The van der Waals surface area contributed by atoms with E-state index in [2.05, 4.69) is 10.3 Å². The number of amides is 2. The number of benzene rings is 1. The average molecular weight is 417 g/mol. The summed E-state index contributed by atoms with van der Waals surface area (Å²) in [5.41, 5.74) is 10.8. The number of aromatic nitrogens is 1. The van der Waals surface area contributed by atoms with Crippen LogP contribution in [0, 0.1) is 12.8 Å². The number of carbonyl (C=O) groups excluding carboxylic acids is 2. The molecule has 0 aliphatic carbocycles. The van der Waals surface area contributed by atoms with Crippen molar-refractivity contribution in [3.05, 3.63) is 41.0 Å². The molecule has 0 radical (unpaired) electrons. The first-order chi connectivity index (χ1) is 13.8. The van der Waals surface area contributed by atoms with Gasteiger partial charge < -0.3 is 21.1 Å². The van der Waals surface area contributed by atoms with Gasteiger partial charge in [0.05, 0.1) is 28.2 Å². The van der Waals surface area contributed by atoms with Crippen molar-refractivity contribution < 1.29 is 14.7 Å². The molecular formula is C21H28N4O3S. The Balaban J connectivity index is 1.62. The fourth-order valence-electron chi connectivity index (χ4n) is 3.44. The van der Waals surface area contributed by atoms with E-state index in [1.165, 1.54) is 4.90 Å². The molecule has 1 aliphatic heterocycles. The van der Waals surface area contributed by atoms with Gasteiger partial charge in [0.2, 0.25) is 11.8 Å². The van der Waals surface area contributed by atoms with E-state index in [1.807, 2.05) is 50.5 Å². The van der Waals surface area contributed by atoms with Gasteiger partial charge in [0.15, 0.2) is 0 Å². The summed E-state index contributed by atoms with van der Waals surface area (Å²) in [6, 6.07) is 6.59. The maximum atomic E-state index is 12.7. The number of nitrogens with two attached hydrogens (primary N) is 1. The predicted molar refractivity (Wildman–Crippen MR) is 113 cm³/mol. The number of carbonyl (C=O) groups is 2.